The summed E-state index contributed by atoms with van der Waals surface area (Å²) in [6.07, 6.45) is 24.6. The van der Waals surface area contributed by atoms with Crippen molar-refractivity contribution >= 4 is 0 Å². The van der Waals surface area contributed by atoms with E-state index in [2.05, 4.69) is 31.2 Å². The highest BCUT2D eigenvalue weighted by Crippen LogP contribution is 2.07. The summed E-state index contributed by atoms with van der Waals surface area (Å²) >= 11 is 0. The van der Waals surface area contributed by atoms with E-state index in [1.807, 2.05) is 0 Å². The molecule has 0 radical (unpaired) electrons. The van der Waals surface area contributed by atoms with Gasteiger partial charge in [0.25, 0.3) is 0 Å². The van der Waals surface area contributed by atoms with Gasteiger partial charge < -0.3 is 0 Å². The summed E-state index contributed by atoms with van der Waals surface area (Å²) in [5.41, 5.74) is 0. The monoisotopic (exact) mass is 251 g/mol. The van der Waals surface area contributed by atoms with Crippen LogP contribution in [0.15, 0.2) is 24.3 Å². The maximum absolute atomic E-state index is 7.06. The Bertz CT molecular complexity index is 206. The predicted molar refractivity (Wildman–Crippen MR) is 85.0 cm³/mol. The van der Waals surface area contributed by atoms with E-state index < -0.39 is 0 Å². The highest BCUT2D eigenvalue weighted by molar-refractivity contribution is 4.92. The first-order valence-electron chi connectivity index (χ1n) is 8.71. The molecule has 0 unspecified atom stereocenters. The fourth-order valence-corrected chi connectivity index (χ4v) is 1.99. The Morgan fingerprint density at radius 1 is 0.667 bits per heavy atom. The van der Waals surface area contributed by atoms with E-state index in [0.29, 0.717) is 6.90 Å². The first-order valence-corrected chi connectivity index (χ1v) is 8.01. The molecular formula is C18H34. The van der Waals surface area contributed by atoms with Crippen molar-refractivity contribution in [2.75, 3.05) is 0 Å². The summed E-state index contributed by atoms with van der Waals surface area (Å²) in [7, 11) is 0. The standard InChI is InChI=1S/C18H34/c1-3-5-7-9-11-13-15-17-18-16-14-12-10-8-6-4-2/h11,13,17-18H,3-10,12,14-16H2,1-2H3/b13-11-,18-17-/i2D. The Morgan fingerprint density at radius 2 is 1.22 bits per heavy atom. The molecule has 0 bridgehead atoms. The van der Waals surface area contributed by atoms with Crippen molar-refractivity contribution < 1.29 is 1.37 Å². The lowest BCUT2D eigenvalue weighted by molar-refractivity contribution is 0.611. The van der Waals surface area contributed by atoms with E-state index in [-0.39, 0.29) is 0 Å². The van der Waals surface area contributed by atoms with Gasteiger partial charge in [-0.2, -0.15) is 0 Å². The van der Waals surface area contributed by atoms with Crippen molar-refractivity contribution in [2.24, 2.45) is 0 Å². The van der Waals surface area contributed by atoms with Crippen LogP contribution in [0.2, 0.25) is 0 Å². The largest absolute Gasteiger partial charge is 0.0882 e. The van der Waals surface area contributed by atoms with E-state index in [4.69, 9.17) is 1.37 Å². The van der Waals surface area contributed by atoms with Crippen molar-refractivity contribution in [3.05, 3.63) is 24.3 Å². The summed E-state index contributed by atoms with van der Waals surface area (Å²) in [6.45, 7) is 2.86. The molecule has 0 atom stereocenters. The van der Waals surface area contributed by atoms with Gasteiger partial charge in [0, 0.05) is 1.37 Å². The lowest BCUT2D eigenvalue weighted by atomic mass is 10.1. The molecule has 0 aliphatic carbocycles. The molecule has 0 aliphatic heterocycles. The molecule has 0 aliphatic rings. The number of unbranched alkanes of at least 4 members (excludes halogenated alkanes) is 9. The molecule has 0 aromatic rings. The molecule has 0 saturated carbocycles. The molecule has 0 aromatic carbocycles. The Labute approximate surface area is 117 Å². The molecular weight excluding hydrogens is 216 g/mol. The molecule has 0 fully saturated rings. The third-order valence-corrected chi connectivity index (χ3v) is 3.20. The van der Waals surface area contributed by atoms with Gasteiger partial charge in [0.15, 0.2) is 0 Å². The summed E-state index contributed by atoms with van der Waals surface area (Å²) < 4.78 is 7.06. The second kappa shape index (κ2) is 16.5. The molecule has 0 amide bonds. The van der Waals surface area contributed by atoms with E-state index in [1.54, 1.807) is 0 Å². The van der Waals surface area contributed by atoms with Crippen molar-refractivity contribution in [1.29, 1.82) is 0 Å². The van der Waals surface area contributed by atoms with Crippen LogP contribution in [0.25, 0.3) is 0 Å². The minimum absolute atomic E-state index is 0.606. The molecule has 18 heavy (non-hydrogen) atoms. The lowest BCUT2D eigenvalue weighted by Gasteiger charge is -1.97. The second-order valence-corrected chi connectivity index (χ2v) is 5.08. The van der Waals surface area contributed by atoms with E-state index >= 15 is 0 Å². The maximum Gasteiger partial charge on any atom is 0.0230 e. The third kappa shape index (κ3) is 15.5. The summed E-state index contributed by atoms with van der Waals surface area (Å²) in [6, 6.07) is 0. The molecule has 0 heteroatoms. The highest BCUT2D eigenvalue weighted by Gasteiger charge is 1.87. The smallest absolute Gasteiger partial charge is 0.0230 e. The minimum atomic E-state index is 0.606. The van der Waals surface area contributed by atoms with Crippen LogP contribution in [0.4, 0.5) is 0 Å². The number of allylic oxidation sites excluding steroid dienone is 4. The van der Waals surface area contributed by atoms with Crippen LogP contribution in [0.1, 0.15) is 92.2 Å². The SMILES string of the molecule is [2H]CCCCCCCC/C=C\C/C=C\CCCCC. The van der Waals surface area contributed by atoms with E-state index in [0.717, 1.165) is 12.8 Å². The van der Waals surface area contributed by atoms with Gasteiger partial charge in [-0.05, 0) is 32.1 Å². The zero-order chi connectivity index (χ0) is 14.0. The number of hydrogen-bond acceptors (Lipinski definition) is 0. The Kier molecular flexibility index (Phi) is 14.2. The summed E-state index contributed by atoms with van der Waals surface area (Å²) in [4.78, 5) is 0. The van der Waals surface area contributed by atoms with Gasteiger partial charge in [0.1, 0.15) is 0 Å². The zero-order valence-electron chi connectivity index (χ0n) is 13.5. The molecule has 0 saturated heterocycles. The first kappa shape index (κ1) is 15.5. The Hall–Kier alpha value is -0.520. The van der Waals surface area contributed by atoms with Gasteiger partial charge in [0.2, 0.25) is 0 Å². The molecule has 0 N–H and O–H groups in total. The zero-order valence-corrected chi connectivity index (χ0v) is 12.5. The van der Waals surface area contributed by atoms with Crippen molar-refractivity contribution in [1.82, 2.24) is 0 Å². The van der Waals surface area contributed by atoms with Crippen LogP contribution < -0.4 is 0 Å². The van der Waals surface area contributed by atoms with Crippen LogP contribution in [-0.4, -0.2) is 0 Å². The normalized spacial score (nSPS) is 12.6. The van der Waals surface area contributed by atoms with Gasteiger partial charge in [-0.3, -0.25) is 0 Å². The predicted octanol–water partition coefficient (Wildman–Crippen LogP) is 6.82. The molecule has 0 aromatic heterocycles. The maximum atomic E-state index is 7.06. The van der Waals surface area contributed by atoms with Crippen molar-refractivity contribution in [3.8, 4) is 0 Å². The molecule has 106 valence electrons. The average molecular weight is 251 g/mol. The molecule has 0 rings (SSSR count). The minimum Gasteiger partial charge on any atom is -0.0882 e. The third-order valence-electron chi connectivity index (χ3n) is 3.20. The van der Waals surface area contributed by atoms with Gasteiger partial charge in [-0.25, -0.2) is 0 Å². The van der Waals surface area contributed by atoms with Crippen LogP contribution >= 0.6 is 0 Å². The Balaban J connectivity index is 3.12. The highest BCUT2D eigenvalue weighted by atomic mass is 13.9. The lowest BCUT2D eigenvalue weighted by Crippen LogP contribution is -1.77. The van der Waals surface area contributed by atoms with Gasteiger partial charge >= 0.3 is 0 Å². The van der Waals surface area contributed by atoms with Crippen molar-refractivity contribution in [2.45, 2.75) is 90.9 Å². The van der Waals surface area contributed by atoms with Gasteiger partial charge in [-0.15, -0.1) is 0 Å². The summed E-state index contributed by atoms with van der Waals surface area (Å²) in [5, 5.41) is 0. The van der Waals surface area contributed by atoms with Crippen LogP contribution in [-0.2, 0) is 0 Å². The fourth-order valence-electron chi connectivity index (χ4n) is 1.99. The van der Waals surface area contributed by atoms with Crippen LogP contribution in [0.5, 0.6) is 0 Å². The molecule has 0 spiro atoms. The van der Waals surface area contributed by atoms with E-state index in [1.165, 1.54) is 64.2 Å². The number of hydrogen-bond donors (Lipinski definition) is 0. The van der Waals surface area contributed by atoms with Crippen molar-refractivity contribution in [3.63, 3.8) is 0 Å². The second-order valence-electron chi connectivity index (χ2n) is 5.08. The fraction of sp³-hybridized carbons (Fsp3) is 0.778. The Morgan fingerprint density at radius 3 is 1.89 bits per heavy atom. The average Bonchev–Trinajstić information content (AvgIpc) is 2.43. The first-order chi connectivity index (χ1) is 9.41. The number of rotatable bonds is 13. The quantitative estimate of drug-likeness (QED) is 0.249. The van der Waals surface area contributed by atoms with Gasteiger partial charge in [-0.1, -0.05) is 83.1 Å². The van der Waals surface area contributed by atoms with Crippen LogP contribution in [0.3, 0.4) is 0 Å². The van der Waals surface area contributed by atoms with Crippen LogP contribution in [0, 0.1) is 0 Å². The molecule has 0 heterocycles. The topological polar surface area (TPSA) is 0 Å². The van der Waals surface area contributed by atoms with E-state index in [9.17, 15) is 0 Å². The summed E-state index contributed by atoms with van der Waals surface area (Å²) in [5.74, 6) is 0. The van der Waals surface area contributed by atoms with Gasteiger partial charge in [0.05, 0.1) is 0 Å². The molecule has 0 nitrogen and oxygen atoms in total.